The second-order valence-corrected chi connectivity index (χ2v) is 7.44. The molecule has 0 bridgehead atoms. The number of sulfone groups is 1. The van der Waals surface area contributed by atoms with Crippen LogP contribution in [-0.2, 0) is 9.84 Å². The summed E-state index contributed by atoms with van der Waals surface area (Å²) in [7, 11) is -3.21. The molecule has 0 spiro atoms. The molecule has 0 aliphatic carbocycles. The van der Waals surface area contributed by atoms with E-state index in [1.165, 1.54) is 6.26 Å². The molecule has 0 amide bonds. The van der Waals surface area contributed by atoms with Gasteiger partial charge in [-0.1, -0.05) is 0 Å². The summed E-state index contributed by atoms with van der Waals surface area (Å²) < 4.78 is 23.0. The van der Waals surface area contributed by atoms with Gasteiger partial charge in [0.2, 0.25) is 0 Å². The highest BCUT2D eigenvalue weighted by Crippen LogP contribution is 2.22. The van der Waals surface area contributed by atoms with E-state index in [-0.39, 0.29) is 11.0 Å². The number of benzene rings is 1. The van der Waals surface area contributed by atoms with Crippen LogP contribution in [0.3, 0.4) is 0 Å². The van der Waals surface area contributed by atoms with Gasteiger partial charge in [-0.25, -0.2) is 18.4 Å². The van der Waals surface area contributed by atoms with Crippen molar-refractivity contribution in [2.45, 2.75) is 17.4 Å². The Labute approximate surface area is 129 Å². The van der Waals surface area contributed by atoms with Crippen molar-refractivity contribution in [1.82, 2.24) is 9.97 Å². The van der Waals surface area contributed by atoms with Crippen LogP contribution < -0.4 is 4.90 Å². The van der Waals surface area contributed by atoms with Gasteiger partial charge in [-0.05, 0) is 36.8 Å². The van der Waals surface area contributed by atoms with Gasteiger partial charge in [0.1, 0.15) is 5.82 Å². The summed E-state index contributed by atoms with van der Waals surface area (Å²) in [6.07, 6.45) is 3.28. The van der Waals surface area contributed by atoms with E-state index in [0.717, 1.165) is 24.3 Å². The van der Waals surface area contributed by atoms with Crippen molar-refractivity contribution in [3.63, 3.8) is 0 Å². The third-order valence-corrected chi connectivity index (χ3v) is 4.80. The zero-order valence-corrected chi connectivity index (χ0v) is 13.0. The maximum atomic E-state index is 11.5. The van der Waals surface area contributed by atoms with Crippen LogP contribution in [0.4, 0.5) is 5.82 Å². The van der Waals surface area contributed by atoms with Crippen LogP contribution >= 0.6 is 0 Å². The number of anilines is 1. The Kier molecular flexibility index (Phi) is 3.84. The van der Waals surface area contributed by atoms with E-state index in [4.69, 9.17) is 0 Å². The number of β-amino-alcohol motifs (C(OH)–C–C–N with tert-alkyl or cyclic N) is 1. The largest absolute Gasteiger partial charge is 0.391 e. The molecular formula is C15H17N3O3S. The van der Waals surface area contributed by atoms with Crippen molar-refractivity contribution in [2.75, 3.05) is 24.2 Å². The van der Waals surface area contributed by atoms with Gasteiger partial charge in [0, 0.05) is 31.1 Å². The summed E-state index contributed by atoms with van der Waals surface area (Å²) in [6, 6.07) is 8.33. The van der Waals surface area contributed by atoms with E-state index in [2.05, 4.69) is 9.97 Å². The molecule has 22 heavy (non-hydrogen) atoms. The first-order valence-corrected chi connectivity index (χ1v) is 8.89. The fourth-order valence-electron chi connectivity index (χ4n) is 2.47. The van der Waals surface area contributed by atoms with Crippen LogP contribution in [0.15, 0.2) is 41.4 Å². The summed E-state index contributed by atoms with van der Waals surface area (Å²) in [4.78, 5) is 11.0. The molecule has 1 aliphatic rings. The first-order chi connectivity index (χ1) is 10.4. The monoisotopic (exact) mass is 319 g/mol. The third-order valence-electron chi connectivity index (χ3n) is 3.67. The van der Waals surface area contributed by atoms with Crippen LogP contribution in [0.5, 0.6) is 0 Å². The molecule has 6 nitrogen and oxygen atoms in total. The van der Waals surface area contributed by atoms with Crippen molar-refractivity contribution in [3.05, 3.63) is 36.5 Å². The van der Waals surface area contributed by atoms with Gasteiger partial charge in [-0.3, -0.25) is 0 Å². The van der Waals surface area contributed by atoms with Crippen molar-refractivity contribution in [2.24, 2.45) is 0 Å². The predicted octanol–water partition coefficient (Wildman–Crippen LogP) is 1.12. The molecule has 1 aliphatic heterocycles. The maximum absolute atomic E-state index is 11.5. The van der Waals surface area contributed by atoms with E-state index >= 15 is 0 Å². The van der Waals surface area contributed by atoms with Crippen molar-refractivity contribution < 1.29 is 13.5 Å². The highest BCUT2D eigenvalue weighted by molar-refractivity contribution is 7.90. The zero-order valence-electron chi connectivity index (χ0n) is 12.2. The summed E-state index contributed by atoms with van der Waals surface area (Å²) >= 11 is 0. The number of aromatic nitrogens is 2. The molecule has 1 N–H and O–H groups in total. The SMILES string of the molecule is CS(=O)(=O)c1ccc(-c2nccc(N3CCC(O)C3)n2)cc1. The number of rotatable bonds is 3. The fourth-order valence-corrected chi connectivity index (χ4v) is 3.10. The summed E-state index contributed by atoms with van der Waals surface area (Å²) in [5.41, 5.74) is 0.758. The molecule has 116 valence electrons. The zero-order chi connectivity index (χ0) is 15.7. The Balaban J connectivity index is 1.89. The lowest BCUT2D eigenvalue weighted by Crippen LogP contribution is -2.22. The summed E-state index contributed by atoms with van der Waals surface area (Å²) in [6.45, 7) is 1.34. The number of aliphatic hydroxyl groups is 1. The Bertz CT molecular complexity index is 775. The fraction of sp³-hybridized carbons (Fsp3) is 0.333. The minimum Gasteiger partial charge on any atom is -0.391 e. The molecule has 1 unspecified atom stereocenters. The normalized spacial score (nSPS) is 18.6. The Morgan fingerprint density at radius 1 is 1.23 bits per heavy atom. The molecule has 7 heteroatoms. The Morgan fingerprint density at radius 3 is 2.55 bits per heavy atom. The van der Waals surface area contributed by atoms with Gasteiger partial charge in [0.05, 0.1) is 11.0 Å². The van der Waals surface area contributed by atoms with Crippen LogP contribution in [0.25, 0.3) is 11.4 Å². The lowest BCUT2D eigenvalue weighted by molar-refractivity contribution is 0.198. The molecule has 1 fully saturated rings. The summed E-state index contributed by atoms with van der Waals surface area (Å²) in [5.74, 6) is 1.31. The van der Waals surface area contributed by atoms with E-state index in [9.17, 15) is 13.5 Å². The molecule has 1 aromatic carbocycles. The van der Waals surface area contributed by atoms with Gasteiger partial charge in [0.15, 0.2) is 15.7 Å². The van der Waals surface area contributed by atoms with Crippen molar-refractivity contribution in [3.8, 4) is 11.4 Å². The minimum atomic E-state index is -3.21. The number of nitrogens with zero attached hydrogens (tertiary/aromatic N) is 3. The van der Waals surface area contributed by atoms with E-state index < -0.39 is 9.84 Å². The van der Waals surface area contributed by atoms with E-state index in [1.54, 1.807) is 30.5 Å². The van der Waals surface area contributed by atoms with Gasteiger partial charge in [-0.15, -0.1) is 0 Å². The predicted molar refractivity (Wildman–Crippen MR) is 83.4 cm³/mol. The van der Waals surface area contributed by atoms with Crippen LogP contribution in [0.2, 0.25) is 0 Å². The Morgan fingerprint density at radius 2 is 1.95 bits per heavy atom. The quantitative estimate of drug-likeness (QED) is 0.913. The Hall–Kier alpha value is -1.99. The molecule has 1 aromatic heterocycles. The third kappa shape index (κ3) is 3.10. The smallest absolute Gasteiger partial charge is 0.175 e. The molecule has 1 saturated heterocycles. The second-order valence-electron chi connectivity index (χ2n) is 5.42. The van der Waals surface area contributed by atoms with Gasteiger partial charge < -0.3 is 10.0 Å². The van der Waals surface area contributed by atoms with Crippen molar-refractivity contribution in [1.29, 1.82) is 0 Å². The molecular weight excluding hydrogens is 302 g/mol. The summed E-state index contributed by atoms with van der Waals surface area (Å²) in [5, 5.41) is 9.61. The van der Waals surface area contributed by atoms with Gasteiger partial charge >= 0.3 is 0 Å². The average Bonchev–Trinajstić information content (AvgIpc) is 2.93. The average molecular weight is 319 g/mol. The molecule has 1 atom stereocenters. The van der Waals surface area contributed by atoms with Gasteiger partial charge in [-0.2, -0.15) is 0 Å². The first kappa shape index (κ1) is 14.9. The van der Waals surface area contributed by atoms with Crippen LogP contribution in [-0.4, -0.2) is 48.9 Å². The molecule has 2 heterocycles. The van der Waals surface area contributed by atoms with Gasteiger partial charge in [0.25, 0.3) is 0 Å². The van der Waals surface area contributed by atoms with Crippen LogP contribution in [0.1, 0.15) is 6.42 Å². The maximum Gasteiger partial charge on any atom is 0.175 e. The van der Waals surface area contributed by atoms with Crippen molar-refractivity contribution >= 4 is 15.7 Å². The van der Waals surface area contributed by atoms with Crippen LogP contribution in [0, 0.1) is 0 Å². The van der Waals surface area contributed by atoms with E-state index in [1.807, 2.05) is 11.0 Å². The molecule has 2 aromatic rings. The lowest BCUT2D eigenvalue weighted by atomic mass is 10.2. The molecule has 0 radical (unpaired) electrons. The highest BCUT2D eigenvalue weighted by Gasteiger charge is 2.21. The van der Waals surface area contributed by atoms with E-state index in [0.29, 0.717) is 12.4 Å². The lowest BCUT2D eigenvalue weighted by Gasteiger charge is -2.16. The highest BCUT2D eigenvalue weighted by atomic mass is 32.2. The minimum absolute atomic E-state index is 0.273. The topological polar surface area (TPSA) is 83.4 Å². The molecule has 3 rings (SSSR count). The number of hydrogen-bond acceptors (Lipinski definition) is 6. The first-order valence-electron chi connectivity index (χ1n) is 7.00. The molecule has 0 saturated carbocycles. The number of aliphatic hydroxyl groups excluding tert-OH is 1. The number of hydrogen-bond donors (Lipinski definition) is 1. The second kappa shape index (κ2) is 5.66. The standard InChI is InChI=1S/C15H17N3O3S/c1-22(20,21)13-4-2-11(3-5-13)15-16-8-6-14(17-15)18-9-7-12(19)10-18/h2-6,8,12,19H,7,9-10H2,1H3.